The van der Waals surface area contributed by atoms with Crippen LogP contribution >= 0.6 is 11.6 Å². The lowest BCUT2D eigenvalue weighted by Crippen LogP contribution is -2.45. The summed E-state index contributed by atoms with van der Waals surface area (Å²) in [6.07, 6.45) is 2.85. The smallest absolute Gasteiger partial charge is 0.286 e. The first-order valence-corrected chi connectivity index (χ1v) is 9.34. The predicted octanol–water partition coefficient (Wildman–Crippen LogP) is 3.09. The van der Waals surface area contributed by atoms with E-state index in [4.69, 9.17) is 16.0 Å². The Morgan fingerprint density at radius 1 is 0.900 bits per heavy atom. The maximum absolute atomic E-state index is 12.6. The van der Waals surface area contributed by atoms with Crippen LogP contribution < -0.4 is 16.2 Å². The largest absolute Gasteiger partial charge is 0.465 e. The summed E-state index contributed by atoms with van der Waals surface area (Å²) < 4.78 is 5.21. The van der Waals surface area contributed by atoms with Crippen molar-refractivity contribution < 1.29 is 18.8 Å². The monoisotopic (exact) mass is 423 g/mol. The van der Waals surface area contributed by atoms with Crippen LogP contribution in [0.5, 0.6) is 0 Å². The number of amides is 3. The van der Waals surface area contributed by atoms with Crippen molar-refractivity contribution in [3.05, 3.63) is 101 Å². The Morgan fingerprint density at radius 3 is 2.30 bits per heavy atom. The second-order valence-electron chi connectivity index (χ2n) is 6.20. The highest BCUT2D eigenvalue weighted by molar-refractivity contribution is 6.30. The van der Waals surface area contributed by atoms with E-state index in [0.717, 1.165) is 5.56 Å². The highest BCUT2D eigenvalue weighted by atomic mass is 35.5. The minimum Gasteiger partial charge on any atom is -0.465 e. The Morgan fingerprint density at radius 2 is 1.63 bits per heavy atom. The molecule has 0 unspecified atom stereocenters. The molecule has 3 amide bonds. The van der Waals surface area contributed by atoms with Crippen molar-refractivity contribution in [3.8, 4) is 0 Å². The summed E-state index contributed by atoms with van der Waals surface area (Å²) in [4.78, 5) is 37.1. The van der Waals surface area contributed by atoms with Crippen molar-refractivity contribution in [2.45, 2.75) is 6.42 Å². The van der Waals surface area contributed by atoms with Crippen LogP contribution in [0.3, 0.4) is 0 Å². The first-order chi connectivity index (χ1) is 14.5. The third-order valence-corrected chi connectivity index (χ3v) is 4.20. The van der Waals surface area contributed by atoms with E-state index in [9.17, 15) is 14.4 Å². The van der Waals surface area contributed by atoms with E-state index >= 15 is 0 Å². The zero-order valence-electron chi connectivity index (χ0n) is 15.7. The molecule has 3 rings (SSSR count). The summed E-state index contributed by atoms with van der Waals surface area (Å²) in [5.74, 6) is -1.26. The third kappa shape index (κ3) is 6.08. The molecule has 3 N–H and O–H groups in total. The Kier molecular flexibility index (Phi) is 7.02. The molecule has 0 bridgehead atoms. The second-order valence-corrected chi connectivity index (χ2v) is 6.64. The van der Waals surface area contributed by atoms with Gasteiger partial charge in [-0.3, -0.25) is 25.2 Å². The van der Waals surface area contributed by atoms with Gasteiger partial charge in [0, 0.05) is 16.7 Å². The SMILES string of the molecule is O=C(Cc1ccc(Cl)cc1)NNC(=O)C(=Cc1ccco1)NC(=O)c1ccccc1. The van der Waals surface area contributed by atoms with Gasteiger partial charge in [-0.05, 0) is 42.0 Å². The number of hydrogen-bond acceptors (Lipinski definition) is 4. The Hall–Kier alpha value is -3.84. The molecule has 0 aliphatic heterocycles. The normalized spacial score (nSPS) is 10.9. The van der Waals surface area contributed by atoms with E-state index in [1.165, 1.54) is 12.3 Å². The number of hydrogen-bond donors (Lipinski definition) is 3. The van der Waals surface area contributed by atoms with Gasteiger partial charge in [0.05, 0.1) is 12.7 Å². The fourth-order valence-electron chi connectivity index (χ4n) is 2.48. The lowest BCUT2D eigenvalue weighted by Gasteiger charge is -2.11. The van der Waals surface area contributed by atoms with Crippen molar-refractivity contribution in [1.29, 1.82) is 0 Å². The van der Waals surface area contributed by atoms with Crippen LogP contribution in [0.4, 0.5) is 0 Å². The van der Waals surface area contributed by atoms with Crippen LogP contribution in [0.2, 0.25) is 5.02 Å². The van der Waals surface area contributed by atoms with Gasteiger partial charge in [-0.15, -0.1) is 0 Å². The van der Waals surface area contributed by atoms with Crippen LogP contribution in [-0.4, -0.2) is 17.7 Å². The van der Waals surface area contributed by atoms with E-state index < -0.39 is 17.7 Å². The van der Waals surface area contributed by atoms with Crippen LogP contribution in [0.1, 0.15) is 21.7 Å². The van der Waals surface area contributed by atoms with Gasteiger partial charge in [-0.25, -0.2) is 0 Å². The first kappa shape index (κ1) is 20.9. The molecule has 0 radical (unpaired) electrons. The quantitative estimate of drug-likeness (QED) is 0.419. The van der Waals surface area contributed by atoms with Gasteiger partial charge in [0.15, 0.2) is 0 Å². The number of halogens is 1. The summed E-state index contributed by atoms with van der Waals surface area (Å²) in [5, 5.41) is 3.10. The molecular formula is C22H18ClN3O4. The van der Waals surface area contributed by atoms with Crippen LogP contribution in [0, 0.1) is 0 Å². The first-order valence-electron chi connectivity index (χ1n) is 8.96. The summed E-state index contributed by atoms with van der Waals surface area (Å²) in [6.45, 7) is 0. The molecule has 0 aliphatic carbocycles. The zero-order chi connectivity index (χ0) is 21.3. The highest BCUT2D eigenvalue weighted by Crippen LogP contribution is 2.10. The topological polar surface area (TPSA) is 100 Å². The number of carbonyl (C=O) groups excluding carboxylic acids is 3. The number of hydrazine groups is 1. The molecule has 30 heavy (non-hydrogen) atoms. The highest BCUT2D eigenvalue weighted by Gasteiger charge is 2.16. The summed E-state index contributed by atoms with van der Waals surface area (Å²) in [7, 11) is 0. The van der Waals surface area contributed by atoms with Crippen LogP contribution in [0.15, 0.2) is 83.1 Å². The summed E-state index contributed by atoms with van der Waals surface area (Å²) in [5.41, 5.74) is 5.64. The number of rotatable bonds is 6. The Labute approximate surface area is 177 Å². The fourth-order valence-corrected chi connectivity index (χ4v) is 2.61. The van der Waals surface area contributed by atoms with E-state index in [1.54, 1.807) is 66.7 Å². The molecule has 3 aromatic rings. The molecule has 0 fully saturated rings. The van der Waals surface area contributed by atoms with Crippen molar-refractivity contribution in [2.75, 3.05) is 0 Å². The molecule has 8 heteroatoms. The third-order valence-electron chi connectivity index (χ3n) is 3.95. The maximum atomic E-state index is 12.6. The molecule has 0 spiro atoms. The van der Waals surface area contributed by atoms with Gasteiger partial charge in [-0.2, -0.15) is 0 Å². The fraction of sp³-hybridized carbons (Fsp3) is 0.0455. The molecule has 1 heterocycles. The maximum Gasteiger partial charge on any atom is 0.286 e. The minimum atomic E-state index is -0.708. The van der Waals surface area contributed by atoms with Crippen molar-refractivity contribution >= 4 is 35.4 Å². The van der Waals surface area contributed by atoms with E-state index in [-0.39, 0.29) is 12.1 Å². The van der Waals surface area contributed by atoms with Gasteiger partial charge in [0.1, 0.15) is 11.5 Å². The molecule has 7 nitrogen and oxygen atoms in total. The van der Waals surface area contributed by atoms with Crippen LogP contribution in [-0.2, 0) is 16.0 Å². The average molecular weight is 424 g/mol. The van der Waals surface area contributed by atoms with Crippen molar-refractivity contribution in [3.63, 3.8) is 0 Å². The molecule has 0 saturated carbocycles. The van der Waals surface area contributed by atoms with Gasteiger partial charge in [0.2, 0.25) is 5.91 Å². The molecule has 2 aromatic carbocycles. The van der Waals surface area contributed by atoms with Crippen LogP contribution in [0.25, 0.3) is 6.08 Å². The molecule has 152 valence electrons. The predicted molar refractivity (Wildman–Crippen MR) is 112 cm³/mol. The van der Waals surface area contributed by atoms with Crippen molar-refractivity contribution in [1.82, 2.24) is 16.2 Å². The number of nitrogens with one attached hydrogen (secondary N) is 3. The average Bonchev–Trinajstić information content (AvgIpc) is 3.27. The lowest BCUT2D eigenvalue weighted by molar-refractivity contribution is -0.126. The summed E-state index contributed by atoms with van der Waals surface area (Å²) >= 11 is 5.82. The number of carbonyl (C=O) groups is 3. The van der Waals surface area contributed by atoms with Gasteiger partial charge in [0.25, 0.3) is 11.8 Å². The van der Waals surface area contributed by atoms with Gasteiger partial charge >= 0.3 is 0 Å². The van der Waals surface area contributed by atoms with Crippen molar-refractivity contribution in [2.24, 2.45) is 0 Å². The Balaban J connectivity index is 1.65. The van der Waals surface area contributed by atoms with E-state index in [1.807, 2.05) is 0 Å². The van der Waals surface area contributed by atoms with E-state index in [0.29, 0.717) is 16.3 Å². The summed E-state index contributed by atoms with van der Waals surface area (Å²) in [6, 6.07) is 18.5. The van der Waals surface area contributed by atoms with Gasteiger partial charge in [-0.1, -0.05) is 41.9 Å². The molecule has 0 atom stereocenters. The van der Waals surface area contributed by atoms with Gasteiger partial charge < -0.3 is 9.73 Å². The number of benzene rings is 2. The van der Waals surface area contributed by atoms with E-state index in [2.05, 4.69) is 16.2 Å². The standard InChI is InChI=1S/C22H18ClN3O4/c23-17-10-8-15(9-11-17)13-20(27)25-26-22(29)19(14-18-7-4-12-30-18)24-21(28)16-5-2-1-3-6-16/h1-12,14H,13H2,(H,24,28)(H,25,27)(H,26,29). The zero-order valence-corrected chi connectivity index (χ0v) is 16.5. The second kappa shape index (κ2) is 10.1. The lowest BCUT2D eigenvalue weighted by atomic mass is 10.1. The molecule has 1 aromatic heterocycles. The molecular weight excluding hydrogens is 406 g/mol. The Bertz CT molecular complexity index is 1050. The molecule has 0 aliphatic rings. The molecule has 0 saturated heterocycles. The number of furan rings is 1. The minimum absolute atomic E-state index is 0.0467.